The summed E-state index contributed by atoms with van der Waals surface area (Å²) in [5.41, 5.74) is -1.20. The maximum Gasteiger partial charge on any atom is 0.331 e. The highest BCUT2D eigenvalue weighted by atomic mass is 32.1. The van der Waals surface area contributed by atoms with Crippen LogP contribution in [0.4, 0.5) is 5.13 Å². The van der Waals surface area contributed by atoms with Gasteiger partial charge in [-0.05, 0) is 0 Å². The van der Waals surface area contributed by atoms with E-state index < -0.39 is 11.5 Å². The Morgan fingerprint density at radius 1 is 1.56 bits per heavy atom. The van der Waals surface area contributed by atoms with E-state index in [1.165, 1.54) is 11.5 Å². The lowest BCUT2D eigenvalue weighted by molar-refractivity contribution is -0.142. The number of aromatic nitrogens is 2. The largest absolute Gasteiger partial charge is 0.479 e. The van der Waals surface area contributed by atoms with E-state index in [-0.39, 0.29) is 12.0 Å². The third-order valence-electron chi connectivity index (χ3n) is 2.87. The molecule has 1 atom stereocenters. The zero-order valence-electron chi connectivity index (χ0n) is 10.7. The van der Waals surface area contributed by atoms with Crippen molar-refractivity contribution in [1.29, 1.82) is 0 Å². The molecule has 0 aromatic carbocycles. The summed E-state index contributed by atoms with van der Waals surface area (Å²) in [4.78, 5) is 15.7. The Bertz CT molecular complexity index is 447. The first-order valence-corrected chi connectivity index (χ1v) is 6.54. The van der Waals surface area contributed by atoms with E-state index in [0.29, 0.717) is 18.2 Å². The summed E-state index contributed by atoms with van der Waals surface area (Å²) in [6.45, 7) is 6.66. The summed E-state index contributed by atoms with van der Waals surface area (Å²) < 4.78 is 9.44. The molecule has 7 heteroatoms. The minimum atomic E-state index is -1.06. The number of nitrogens with zero attached hydrogens (tertiary/aromatic N) is 2. The fourth-order valence-corrected chi connectivity index (χ4v) is 2.53. The minimum Gasteiger partial charge on any atom is -0.479 e. The van der Waals surface area contributed by atoms with E-state index in [1.807, 2.05) is 20.8 Å². The standard InChI is InChI=1S/C11H17N3O3S/c1-10(2,3)7-12-9(18-14-7)13-11(8(15)16)4-5-17-6-11/h4-6H2,1-3H3,(H,15,16)(H,12,13,14). The number of carboxylic acids is 1. The van der Waals surface area contributed by atoms with Gasteiger partial charge in [-0.15, -0.1) is 0 Å². The summed E-state index contributed by atoms with van der Waals surface area (Å²) in [5, 5.41) is 12.8. The zero-order valence-corrected chi connectivity index (χ0v) is 11.5. The molecule has 2 N–H and O–H groups in total. The Hall–Kier alpha value is -1.21. The Balaban J connectivity index is 2.18. The first-order valence-electron chi connectivity index (χ1n) is 5.77. The molecule has 0 amide bonds. The Labute approximate surface area is 110 Å². The van der Waals surface area contributed by atoms with Crippen LogP contribution in [0.25, 0.3) is 0 Å². The van der Waals surface area contributed by atoms with Gasteiger partial charge in [-0.25, -0.2) is 9.78 Å². The average Bonchev–Trinajstić information content (AvgIpc) is 2.86. The van der Waals surface area contributed by atoms with Gasteiger partial charge in [0.15, 0.2) is 5.54 Å². The molecule has 1 aromatic heterocycles. The van der Waals surface area contributed by atoms with Gasteiger partial charge in [0.1, 0.15) is 5.82 Å². The number of rotatable bonds is 3. The van der Waals surface area contributed by atoms with Gasteiger partial charge >= 0.3 is 5.97 Å². The molecule has 1 aromatic rings. The van der Waals surface area contributed by atoms with E-state index >= 15 is 0 Å². The number of anilines is 1. The van der Waals surface area contributed by atoms with Gasteiger partial charge in [0.25, 0.3) is 0 Å². The number of ether oxygens (including phenoxy) is 1. The molecule has 0 aliphatic carbocycles. The van der Waals surface area contributed by atoms with Crippen molar-refractivity contribution in [2.24, 2.45) is 0 Å². The summed E-state index contributed by atoms with van der Waals surface area (Å²) in [7, 11) is 0. The molecule has 1 unspecified atom stereocenters. The summed E-state index contributed by atoms with van der Waals surface area (Å²) >= 11 is 1.19. The third-order valence-corrected chi connectivity index (χ3v) is 3.50. The molecule has 1 saturated heterocycles. The van der Waals surface area contributed by atoms with Crippen LogP contribution in [0.3, 0.4) is 0 Å². The second-order valence-electron chi connectivity index (χ2n) is 5.49. The van der Waals surface area contributed by atoms with Crippen LogP contribution >= 0.6 is 11.5 Å². The summed E-state index contributed by atoms with van der Waals surface area (Å²) in [5.74, 6) is -0.193. The number of aliphatic carboxylic acids is 1. The molecule has 1 aliphatic heterocycles. The van der Waals surface area contributed by atoms with Crippen molar-refractivity contribution in [2.75, 3.05) is 18.5 Å². The fraction of sp³-hybridized carbons (Fsp3) is 0.727. The van der Waals surface area contributed by atoms with Crippen LogP contribution in [0.15, 0.2) is 0 Å². The lowest BCUT2D eigenvalue weighted by Gasteiger charge is -2.22. The van der Waals surface area contributed by atoms with Crippen molar-refractivity contribution in [3.05, 3.63) is 5.82 Å². The molecule has 0 spiro atoms. The summed E-state index contributed by atoms with van der Waals surface area (Å²) in [6, 6.07) is 0. The third kappa shape index (κ3) is 2.46. The number of carbonyl (C=O) groups is 1. The highest BCUT2D eigenvalue weighted by Gasteiger charge is 2.43. The van der Waals surface area contributed by atoms with Crippen LogP contribution in [0.5, 0.6) is 0 Å². The molecule has 6 nitrogen and oxygen atoms in total. The van der Waals surface area contributed by atoms with Crippen molar-refractivity contribution in [3.63, 3.8) is 0 Å². The molecule has 2 heterocycles. The van der Waals surface area contributed by atoms with Gasteiger partial charge in [-0.3, -0.25) is 0 Å². The van der Waals surface area contributed by atoms with Crippen molar-refractivity contribution in [1.82, 2.24) is 9.36 Å². The van der Waals surface area contributed by atoms with Crippen LogP contribution in [-0.2, 0) is 14.9 Å². The molecular formula is C11H17N3O3S. The second kappa shape index (κ2) is 4.47. The topological polar surface area (TPSA) is 84.3 Å². The van der Waals surface area contributed by atoms with E-state index in [4.69, 9.17) is 4.74 Å². The molecule has 1 fully saturated rings. The van der Waals surface area contributed by atoms with E-state index in [9.17, 15) is 9.90 Å². The van der Waals surface area contributed by atoms with Gasteiger partial charge in [0, 0.05) is 30.0 Å². The van der Waals surface area contributed by atoms with Gasteiger partial charge in [-0.1, -0.05) is 20.8 Å². The van der Waals surface area contributed by atoms with Gasteiger partial charge in [0.05, 0.1) is 6.61 Å². The van der Waals surface area contributed by atoms with Crippen LogP contribution < -0.4 is 5.32 Å². The SMILES string of the molecule is CC(C)(C)c1nsc(NC2(C(=O)O)CCOC2)n1. The monoisotopic (exact) mass is 271 g/mol. The molecule has 1 aliphatic rings. The molecule has 2 rings (SSSR count). The summed E-state index contributed by atoms with van der Waals surface area (Å²) in [6.07, 6.45) is 0.437. The molecular weight excluding hydrogens is 254 g/mol. The van der Waals surface area contributed by atoms with Crippen LogP contribution in [0, 0.1) is 0 Å². The smallest absolute Gasteiger partial charge is 0.331 e. The maximum atomic E-state index is 11.3. The van der Waals surface area contributed by atoms with Gasteiger partial charge < -0.3 is 15.2 Å². The highest BCUT2D eigenvalue weighted by molar-refractivity contribution is 7.09. The van der Waals surface area contributed by atoms with Gasteiger partial charge in [0.2, 0.25) is 5.13 Å². The highest BCUT2D eigenvalue weighted by Crippen LogP contribution is 2.28. The average molecular weight is 271 g/mol. The minimum absolute atomic E-state index is 0.140. The molecule has 0 bridgehead atoms. The Morgan fingerprint density at radius 2 is 2.28 bits per heavy atom. The van der Waals surface area contributed by atoms with Crippen molar-refractivity contribution >= 4 is 22.6 Å². The fourth-order valence-electron chi connectivity index (χ4n) is 1.67. The number of hydrogen-bond acceptors (Lipinski definition) is 6. The van der Waals surface area contributed by atoms with E-state index in [1.54, 1.807) is 0 Å². The molecule has 18 heavy (non-hydrogen) atoms. The van der Waals surface area contributed by atoms with Crippen LogP contribution in [0.2, 0.25) is 0 Å². The lowest BCUT2D eigenvalue weighted by atomic mass is 9.96. The van der Waals surface area contributed by atoms with Crippen molar-refractivity contribution < 1.29 is 14.6 Å². The predicted molar refractivity (Wildman–Crippen MR) is 68.0 cm³/mol. The van der Waals surface area contributed by atoms with Crippen LogP contribution in [0.1, 0.15) is 33.0 Å². The Morgan fingerprint density at radius 3 is 2.72 bits per heavy atom. The predicted octanol–water partition coefficient (Wildman–Crippen LogP) is 1.49. The van der Waals surface area contributed by atoms with Crippen molar-refractivity contribution in [2.45, 2.75) is 38.1 Å². The number of carboxylic acid groups (broad SMARTS) is 1. The van der Waals surface area contributed by atoms with Gasteiger partial charge in [-0.2, -0.15) is 4.37 Å². The van der Waals surface area contributed by atoms with Crippen molar-refractivity contribution in [3.8, 4) is 0 Å². The first-order chi connectivity index (χ1) is 8.33. The number of hydrogen-bond donors (Lipinski definition) is 2. The van der Waals surface area contributed by atoms with E-state index in [0.717, 1.165) is 5.82 Å². The first kappa shape index (κ1) is 13.2. The lowest BCUT2D eigenvalue weighted by Crippen LogP contribution is -2.47. The normalized spacial score (nSPS) is 24.2. The van der Waals surface area contributed by atoms with E-state index in [2.05, 4.69) is 14.7 Å². The quantitative estimate of drug-likeness (QED) is 0.866. The Kier molecular flexibility index (Phi) is 3.29. The van der Waals surface area contributed by atoms with Crippen LogP contribution in [-0.4, -0.2) is 39.2 Å². The second-order valence-corrected chi connectivity index (χ2v) is 6.24. The maximum absolute atomic E-state index is 11.3. The zero-order chi connectivity index (χ0) is 13.4. The molecule has 100 valence electrons. The number of nitrogens with one attached hydrogen (secondary N) is 1. The molecule has 0 saturated carbocycles. The molecule has 0 radical (unpaired) electrons.